The van der Waals surface area contributed by atoms with Crippen LogP contribution in [0.4, 0.5) is 16.2 Å². The molecule has 3 amide bonds. The normalized spacial score (nSPS) is 13.1. The lowest BCUT2D eigenvalue weighted by atomic mass is 10.1. The van der Waals surface area contributed by atoms with Crippen LogP contribution in [0.5, 0.6) is 0 Å². The fourth-order valence-electron chi connectivity index (χ4n) is 3.89. The lowest BCUT2D eigenvalue weighted by Crippen LogP contribution is -2.35. The van der Waals surface area contributed by atoms with Crippen LogP contribution in [0.15, 0.2) is 77.3 Å². The number of hydrogen-bond donors (Lipinski definition) is 2. The number of fused-ring (bicyclic) bond motifs is 1. The number of benzene rings is 3. The fraction of sp³-hybridized carbons (Fsp3) is 0.231. The number of rotatable bonds is 5. The number of halogens is 1. The van der Waals surface area contributed by atoms with Gasteiger partial charge in [-0.1, -0.05) is 58.4 Å². The third-order valence-corrected chi connectivity index (χ3v) is 6.05. The van der Waals surface area contributed by atoms with Crippen molar-refractivity contribution in [3.05, 3.63) is 94.0 Å². The number of nitrogens with one attached hydrogen (secondary N) is 2. The molecule has 32 heavy (non-hydrogen) atoms. The minimum absolute atomic E-state index is 0.0389. The zero-order valence-corrected chi connectivity index (χ0v) is 19.4. The summed E-state index contributed by atoms with van der Waals surface area (Å²) in [6.45, 7) is 1.20. The van der Waals surface area contributed by atoms with E-state index >= 15 is 0 Å². The maximum Gasteiger partial charge on any atom is 0.326 e. The van der Waals surface area contributed by atoms with Crippen molar-refractivity contribution < 1.29 is 9.59 Å². The van der Waals surface area contributed by atoms with Crippen molar-refractivity contribution in [2.24, 2.45) is 0 Å². The molecule has 2 N–H and O–H groups in total. The maximum atomic E-state index is 12.9. The van der Waals surface area contributed by atoms with Gasteiger partial charge in [0.2, 0.25) is 5.91 Å². The molecule has 5 nitrogen and oxygen atoms in total. The van der Waals surface area contributed by atoms with Crippen molar-refractivity contribution in [2.45, 2.75) is 32.2 Å². The van der Waals surface area contributed by atoms with Gasteiger partial charge < -0.3 is 10.6 Å². The van der Waals surface area contributed by atoms with Crippen molar-refractivity contribution in [3.63, 3.8) is 0 Å². The van der Waals surface area contributed by atoms with Crippen molar-refractivity contribution in [2.75, 3.05) is 16.8 Å². The van der Waals surface area contributed by atoms with Crippen LogP contribution in [0.25, 0.3) is 0 Å². The molecule has 1 aliphatic heterocycles. The summed E-state index contributed by atoms with van der Waals surface area (Å²) < 4.78 is 0.991. The third-order valence-electron chi connectivity index (χ3n) is 5.55. The number of aryl methyl sites for hydroxylation is 1. The first-order chi connectivity index (χ1) is 15.6. The van der Waals surface area contributed by atoms with Gasteiger partial charge in [0.1, 0.15) is 0 Å². The summed E-state index contributed by atoms with van der Waals surface area (Å²) in [5.41, 5.74) is 4.86. The molecule has 4 rings (SSSR count). The molecule has 0 atom stereocenters. The minimum atomic E-state index is -0.126. The van der Waals surface area contributed by atoms with E-state index in [0.29, 0.717) is 19.5 Å². The van der Waals surface area contributed by atoms with Gasteiger partial charge in [-0.2, -0.15) is 0 Å². The van der Waals surface area contributed by atoms with Gasteiger partial charge in [-0.05, 0) is 66.3 Å². The second-order valence-corrected chi connectivity index (χ2v) is 8.86. The van der Waals surface area contributed by atoms with Gasteiger partial charge in [0.25, 0.3) is 0 Å². The molecule has 0 spiro atoms. The minimum Gasteiger partial charge on any atom is -0.352 e. The van der Waals surface area contributed by atoms with Crippen molar-refractivity contribution in [1.82, 2.24) is 5.32 Å². The van der Waals surface area contributed by atoms with Gasteiger partial charge in [-0.15, -0.1) is 0 Å². The molecule has 0 radical (unpaired) electrons. The summed E-state index contributed by atoms with van der Waals surface area (Å²) >= 11 is 3.44. The van der Waals surface area contributed by atoms with Crippen LogP contribution in [-0.2, 0) is 24.2 Å². The molecule has 0 bridgehead atoms. The topological polar surface area (TPSA) is 61.4 Å². The highest BCUT2D eigenvalue weighted by Crippen LogP contribution is 2.26. The molecule has 164 valence electrons. The van der Waals surface area contributed by atoms with E-state index in [1.165, 1.54) is 5.56 Å². The average molecular weight is 492 g/mol. The van der Waals surface area contributed by atoms with Crippen LogP contribution in [0, 0.1) is 0 Å². The molecule has 1 aliphatic rings. The van der Waals surface area contributed by atoms with Gasteiger partial charge in [0.15, 0.2) is 0 Å². The van der Waals surface area contributed by atoms with Crippen LogP contribution in [-0.4, -0.2) is 18.5 Å². The zero-order valence-electron chi connectivity index (χ0n) is 17.8. The maximum absolute atomic E-state index is 12.9. The Morgan fingerprint density at radius 3 is 2.53 bits per heavy atom. The summed E-state index contributed by atoms with van der Waals surface area (Å²) in [6, 6.07) is 23.3. The molecule has 3 aromatic carbocycles. The quantitative estimate of drug-likeness (QED) is 0.481. The Bertz CT molecular complexity index is 1100. The standard InChI is InChI=1S/C26H26BrN3O2/c27-22-9-5-6-20(16-22)18-28-25(31)17-19-11-13-23(14-12-19)29-26(32)30-15-4-3-8-21-7-1-2-10-24(21)30/h1-2,5-7,9-14,16H,3-4,8,15,17-18H2,(H,28,31)(H,29,32). The Labute approximate surface area is 197 Å². The highest BCUT2D eigenvalue weighted by molar-refractivity contribution is 9.10. The number of anilines is 2. The Hall–Kier alpha value is -3.12. The van der Waals surface area contributed by atoms with Crippen molar-refractivity contribution in [3.8, 4) is 0 Å². The Kier molecular flexibility index (Phi) is 7.22. The van der Waals surface area contributed by atoms with Crippen LogP contribution < -0.4 is 15.5 Å². The third kappa shape index (κ3) is 5.77. The lowest BCUT2D eigenvalue weighted by molar-refractivity contribution is -0.120. The van der Waals surface area contributed by atoms with E-state index in [2.05, 4.69) is 32.6 Å². The molecule has 0 saturated heterocycles. The van der Waals surface area contributed by atoms with E-state index in [4.69, 9.17) is 0 Å². The summed E-state index contributed by atoms with van der Waals surface area (Å²) in [7, 11) is 0. The summed E-state index contributed by atoms with van der Waals surface area (Å²) in [4.78, 5) is 27.1. The predicted molar refractivity (Wildman–Crippen MR) is 132 cm³/mol. The SMILES string of the molecule is O=C(Cc1ccc(NC(=O)N2CCCCc3ccccc32)cc1)NCc1cccc(Br)c1. The second-order valence-electron chi connectivity index (χ2n) is 7.95. The van der Waals surface area contributed by atoms with Crippen LogP contribution in [0.3, 0.4) is 0 Å². The largest absolute Gasteiger partial charge is 0.352 e. The molecule has 0 unspecified atom stereocenters. The van der Waals surface area contributed by atoms with E-state index in [-0.39, 0.29) is 11.9 Å². The van der Waals surface area contributed by atoms with Gasteiger partial charge in [-0.3, -0.25) is 9.69 Å². The molecule has 3 aromatic rings. The number of para-hydroxylation sites is 1. The molecule has 0 aliphatic carbocycles. The van der Waals surface area contributed by atoms with Gasteiger partial charge >= 0.3 is 6.03 Å². The first-order valence-corrected chi connectivity index (χ1v) is 11.6. The predicted octanol–water partition coefficient (Wildman–Crippen LogP) is 5.68. The first kappa shape index (κ1) is 22.1. The molecule has 0 aromatic heterocycles. The monoisotopic (exact) mass is 491 g/mol. The van der Waals surface area contributed by atoms with Crippen LogP contribution in [0.1, 0.15) is 29.5 Å². The van der Waals surface area contributed by atoms with E-state index < -0.39 is 0 Å². The molecule has 1 heterocycles. The van der Waals surface area contributed by atoms with E-state index in [1.807, 2.05) is 71.6 Å². The van der Waals surface area contributed by atoms with E-state index in [0.717, 1.165) is 46.2 Å². The molecule has 6 heteroatoms. The number of amides is 3. The van der Waals surface area contributed by atoms with Crippen molar-refractivity contribution >= 4 is 39.2 Å². The van der Waals surface area contributed by atoms with Crippen molar-refractivity contribution in [1.29, 1.82) is 0 Å². The zero-order chi connectivity index (χ0) is 22.3. The number of carbonyl (C=O) groups excluding carboxylic acids is 2. The Balaban J connectivity index is 1.32. The molecule has 0 fully saturated rings. The van der Waals surface area contributed by atoms with E-state index in [9.17, 15) is 9.59 Å². The van der Waals surface area contributed by atoms with Gasteiger partial charge in [-0.25, -0.2) is 4.79 Å². The van der Waals surface area contributed by atoms with Gasteiger partial charge in [0, 0.05) is 28.9 Å². The Morgan fingerprint density at radius 1 is 0.906 bits per heavy atom. The summed E-state index contributed by atoms with van der Waals surface area (Å²) in [6.07, 6.45) is 3.36. The summed E-state index contributed by atoms with van der Waals surface area (Å²) in [5, 5.41) is 5.94. The first-order valence-electron chi connectivity index (χ1n) is 10.8. The second kappa shape index (κ2) is 10.5. The van der Waals surface area contributed by atoms with Crippen LogP contribution >= 0.6 is 15.9 Å². The smallest absolute Gasteiger partial charge is 0.326 e. The number of carbonyl (C=O) groups is 2. The lowest BCUT2D eigenvalue weighted by Gasteiger charge is -2.23. The molecule has 0 saturated carbocycles. The number of hydrogen-bond acceptors (Lipinski definition) is 2. The Morgan fingerprint density at radius 2 is 1.72 bits per heavy atom. The molecular weight excluding hydrogens is 466 g/mol. The number of urea groups is 1. The highest BCUT2D eigenvalue weighted by atomic mass is 79.9. The average Bonchev–Trinajstić information content (AvgIpc) is 3.02. The van der Waals surface area contributed by atoms with E-state index in [1.54, 1.807) is 0 Å². The summed E-state index contributed by atoms with van der Waals surface area (Å²) in [5.74, 6) is -0.0389. The van der Waals surface area contributed by atoms with Gasteiger partial charge in [0.05, 0.1) is 6.42 Å². The fourth-order valence-corrected chi connectivity index (χ4v) is 4.34. The number of nitrogens with zero attached hydrogens (tertiary/aromatic N) is 1. The highest BCUT2D eigenvalue weighted by Gasteiger charge is 2.20. The molecular formula is C26H26BrN3O2. The van der Waals surface area contributed by atoms with Crippen LogP contribution in [0.2, 0.25) is 0 Å².